The first-order valence-electron chi connectivity index (χ1n) is 4.93. The van der Waals surface area contributed by atoms with Gasteiger partial charge < -0.3 is 4.90 Å². The number of anilines is 1. The lowest BCUT2D eigenvalue weighted by atomic mass is 10.3. The van der Waals surface area contributed by atoms with Gasteiger partial charge in [-0.2, -0.15) is 0 Å². The van der Waals surface area contributed by atoms with Crippen molar-refractivity contribution in [3.63, 3.8) is 0 Å². The van der Waals surface area contributed by atoms with Gasteiger partial charge in [0, 0.05) is 19.8 Å². The standard InChI is InChI=1S/C10H14Cl2N2O2S/c1-14(5-6-17(2,15)16)10-4-3-8(12)9(7-11)13-10/h3-4H,5-7H2,1-2H3. The lowest BCUT2D eigenvalue weighted by Crippen LogP contribution is -2.25. The molecule has 0 bridgehead atoms. The van der Waals surface area contributed by atoms with E-state index in [1.807, 2.05) is 0 Å². The zero-order valence-corrected chi connectivity index (χ0v) is 12.0. The summed E-state index contributed by atoms with van der Waals surface area (Å²) in [6.07, 6.45) is 1.21. The minimum absolute atomic E-state index is 0.0873. The summed E-state index contributed by atoms with van der Waals surface area (Å²) in [5.74, 6) is 0.977. The van der Waals surface area contributed by atoms with Crippen molar-refractivity contribution in [3.05, 3.63) is 22.8 Å². The second-order valence-corrected chi connectivity index (χ2v) is 6.72. The first-order chi connectivity index (χ1) is 7.83. The zero-order chi connectivity index (χ0) is 13.1. The van der Waals surface area contributed by atoms with E-state index in [1.165, 1.54) is 6.26 Å². The van der Waals surface area contributed by atoms with Crippen LogP contribution in [-0.2, 0) is 15.7 Å². The van der Waals surface area contributed by atoms with Crippen molar-refractivity contribution in [1.82, 2.24) is 4.98 Å². The summed E-state index contributed by atoms with van der Waals surface area (Å²) in [6, 6.07) is 3.44. The van der Waals surface area contributed by atoms with Gasteiger partial charge in [-0.1, -0.05) is 11.6 Å². The Balaban J connectivity index is 2.79. The van der Waals surface area contributed by atoms with Crippen LogP contribution in [0.15, 0.2) is 12.1 Å². The summed E-state index contributed by atoms with van der Waals surface area (Å²) in [5.41, 5.74) is 0.594. The molecular weight excluding hydrogens is 283 g/mol. The molecule has 96 valence electrons. The van der Waals surface area contributed by atoms with Gasteiger partial charge in [0.25, 0.3) is 0 Å². The molecule has 0 aromatic carbocycles. The minimum atomic E-state index is -2.97. The first-order valence-corrected chi connectivity index (χ1v) is 7.91. The van der Waals surface area contributed by atoms with Gasteiger partial charge in [0.15, 0.2) is 0 Å². The second kappa shape index (κ2) is 5.89. The van der Waals surface area contributed by atoms with Gasteiger partial charge in [0.05, 0.1) is 22.3 Å². The molecule has 0 radical (unpaired) electrons. The van der Waals surface area contributed by atoms with Crippen molar-refractivity contribution in [2.75, 3.05) is 30.5 Å². The molecule has 0 unspecified atom stereocenters. The van der Waals surface area contributed by atoms with Gasteiger partial charge in [0.2, 0.25) is 0 Å². The molecule has 7 heteroatoms. The van der Waals surface area contributed by atoms with Crippen molar-refractivity contribution in [3.8, 4) is 0 Å². The Bertz CT molecular complexity index is 491. The molecule has 0 amide bonds. The van der Waals surface area contributed by atoms with E-state index in [0.717, 1.165) is 0 Å². The molecule has 1 aromatic heterocycles. The third kappa shape index (κ3) is 4.69. The molecule has 1 heterocycles. The molecule has 1 aromatic rings. The van der Waals surface area contributed by atoms with Gasteiger partial charge in [-0.25, -0.2) is 13.4 Å². The summed E-state index contributed by atoms with van der Waals surface area (Å²) in [4.78, 5) is 6.02. The lowest BCUT2D eigenvalue weighted by molar-refractivity contribution is 0.601. The van der Waals surface area contributed by atoms with Crippen molar-refractivity contribution in [1.29, 1.82) is 0 Å². The van der Waals surface area contributed by atoms with Crippen LogP contribution in [0.3, 0.4) is 0 Å². The molecule has 0 N–H and O–H groups in total. The van der Waals surface area contributed by atoms with Crippen LogP contribution in [0.25, 0.3) is 0 Å². The highest BCUT2D eigenvalue weighted by Gasteiger charge is 2.09. The van der Waals surface area contributed by atoms with Crippen LogP contribution in [0.1, 0.15) is 5.69 Å². The molecule has 0 aliphatic carbocycles. The number of nitrogens with zero attached hydrogens (tertiary/aromatic N) is 2. The van der Waals surface area contributed by atoms with E-state index in [0.29, 0.717) is 23.1 Å². The molecule has 0 saturated heterocycles. The Morgan fingerprint density at radius 2 is 2.06 bits per heavy atom. The molecule has 17 heavy (non-hydrogen) atoms. The second-order valence-electron chi connectivity index (χ2n) is 3.78. The number of sulfone groups is 1. The smallest absolute Gasteiger partial charge is 0.149 e. The van der Waals surface area contributed by atoms with E-state index < -0.39 is 9.84 Å². The van der Waals surface area contributed by atoms with Crippen molar-refractivity contribution in [2.24, 2.45) is 0 Å². The van der Waals surface area contributed by atoms with Crippen LogP contribution < -0.4 is 4.90 Å². The number of rotatable bonds is 5. The van der Waals surface area contributed by atoms with Crippen LogP contribution in [-0.4, -0.2) is 39.0 Å². The van der Waals surface area contributed by atoms with Crippen molar-refractivity contribution in [2.45, 2.75) is 5.88 Å². The fourth-order valence-corrected chi connectivity index (χ4v) is 2.25. The van der Waals surface area contributed by atoms with Crippen LogP contribution in [0.5, 0.6) is 0 Å². The summed E-state index contributed by atoms with van der Waals surface area (Å²) in [5, 5.41) is 0.514. The zero-order valence-electron chi connectivity index (χ0n) is 9.65. The number of aromatic nitrogens is 1. The van der Waals surface area contributed by atoms with E-state index in [9.17, 15) is 8.42 Å². The highest BCUT2D eigenvalue weighted by atomic mass is 35.5. The Hall–Kier alpha value is -0.520. The van der Waals surface area contributed by atoms with Gasteiger partial charge >= 0.3 is 0 Å². The lowest BCUT2D eigenvalue weighted by Gasteiger charge is -2.18. The van der Waals surface area contributed by atoms with E-state index in [1.54, 1.807) is 24.1 Å². The monoisotopic (exact) mass is 296 g/mol. The SMILES string of the molecule is CN(CCS(C)(=O)=O)c1ccc(Cl)c(CCl)n1. The third-order valence-electron chi connectivity index (χ3n) is 2.22. The predicted octanol–water partition coefficient (Wildman–Crippen LogP) is 1.95. The predicted molar refractivity (Wildman–Crippen MR) is 71.8 cm³/mol. The highest BCUT2D eigenvalue weighted by molar-refractivity contribution is 7.90. The summed E-state index contributed by atoms with van der Waals surface area (Å²) < 4.78 is 22.1. The Morgan fingerprint density at radius 3 is 2.59 bits per heavy atom. The maximum Gasteiger partial charge on any atom is 0.149 e. The van der Waals surface area contributed by atoms with Crippen LogP contribution in [0, 0.1) is 0 Å². The Labute approximate surface area is 111 Å². The molecule has 0 aliphatic heterocycles. The molecule has 0 fully saturated rings. The van der Waals surface area contributed by atoms with Crippen LogP contribution in [0.4, 0.5) is 5.82 Å². The number of hydrogen-bond donors (Lipinski definition) is 0. The third-order valence-corrected chi connectivity index (χ3v) is 3.74. The van der Waals surface area contributed by atoms with E-state index >= 15 is 0 Å². The van der Waals surface area contributed by atoms with E-state index in [2.05, 4.69) is 4.98 Å². The maximum absolute atomic E-state index is 11.1. The molecule has 0 atom stereocenters. The van der Waals surface area contributed by atoms with Gasteiger partial charge in [-0.3, -0.25) is 0 Å². The fraction of sp³-hybridized carbons (Fsp3) is 0.500. The average molecular weight is 297 g/mol. The summed E-state index contributed by atoms with van der Waals surface area (Å²) >= 11 is 11.6. The van der Waals surface area contributed by atoms with E-state index in [4.69, 9.17) is 23.2 Å². The number of hydrogen-bond acceptors (Lipinski definition) is 4. The first kappa shape index (κ1) is 14.5. The number of halogens is 2. The molecule has 4 nitrogen and oxygen atoms in total. The van der Waals surface area contributed by atoms with Crippen molar-refractivity contribution < 1.29 is 8.42 Å². The van der Waals surface area contributed by atoms with Crippen molar-refractivity contribution >= 4 is 38.9 Å². The highest BCUT2D eigenvalue weighted by Crippen LogP contribution is 2.19. The molecule has 0 spiro atoms. The topological polar surface area (TPSA) is 50.3 Å². The molecule has 0 aliphatic rings. The molecular formula is C10H14Cl2N2O2S. The number of pyridine rings is 1. The average Bonchev–Trinajstić information content (AvgIpc) is 2.25. The minimum Gasteiger partial charge on any atom is -0.359 e. The maximum atomic E-state index is 11.1. The Morgan fingerprint density at radius 1 is 1.41 bits per heavy atom. The van der Waals surface area contributed by atoms with Crippen LogP contribution in [0.2, 0.25) is 5.02 Å². The molecule has 1 rings (SSSR count). The van der Waals surface area contributed by atoms with Gasteiger partial charge in [-0.15, -0.1) is 11.6 Å². The fourth-order valence-electron chi connectivity index (χ4n) is 1.20. The largest absolute Gasteiger partial charge is 0.359 e. The molecule has 0 saturated carbocycles. The van der Waals surface area contributed by atoms with Crippen LogP contribution >= 0.6 is 23.2 Å². The quantitative estimate of drug-likeness (QED) is 0.780. The number of alkyl halides is 1. The van der Waals surface area contributed by atoms with E-state index in [-0.39, 0.29) is 11.6 Å². The Kier molecular flexibility index (Phi) is 5.04. The van der Waals surface area contributed by atoms with Gasteiger partial charge in [-0.05, 0) is 12.1 Å². The summed E-state index contributed by atoms with van der Waals surface area (Å²) in [6.45, 7) is 0.384. The summed E-state index contributed by atoms with van der Waals surface area (Å²) in [7, 11) is -1.20. The van der Waals surface area contributed by atoms with Gasteiger partial charge in [0.1, 0.15) is 15.7 Å². The normalized spacial score (nSPS) is 11.5.